The third-order valence-corrected chi connectivity index (χ3v) is 4.85. The summed E-state index contributed by atoms with van der Waals surface area (Å²) in [4.78, 5) is 25.4. The fourth-order valence-corrected chi connectivity index (χ4v) is 3.14. The molecule has 0 fully saturated rings. The van der Waals surface area contributed by atoms with Crippen LogP contribution in [0.15, 0.2) is 66.0 Å². The molecule has 28 heavy (non-hydrogen) atoms. The van der Waals surface area contributed by atoms with Crippen molar-refractivity contribution >= 4 is 23.2 Å². The highest BCUT2D eigenvalue weighted by molar-refractivity contribution is 7.11. The summed E-state index contributed by atoms with van der Waals surface area (Å²) in [6, 6.07) is 16.2. The van der Waals surface area contributed by atoms with Crippen LogP contribution >= 0.6 is 11.3 Å². The number of methoxy groups -OCH3 is 1. The zero-order chi connectivity index (χ0) is 19.9. The maximum Gasteiger partial charge on any atom is 0.349 e. The maximum absolute atomic E-state index is 14.3. The van der Waals surface area contributed by atoms with E-state index in [1.54, 1.807) is 55.0 Å². The Hall–Kier alpha value is -3.19. The van der Waals surface area contributed by atoms with Crippen molar-refractivity contribution in [2.45, 2.75) is 12.6 Å². The Morgan fingerprint density at radius 2 is 1.82 bits per heavy atom. The lowest BCUT2D eigenvalue weighted by molar-refractivity contribution is -0.130. The molecular weight excluding hydrogens is 381 g/mol. The Morgan fingerprint density at radius 1 is 1.07 bits per heavy atom. The van der Waals surface area contributed by atoms with Crippen molar-refractivity contribution in [1.82, 2.24) is 5.32 Å². The molecule has 0 aliphatic heterocycles. The Labute approximate surface area is 165 Å². The SMILES string of the molecule is COc1ccc(CNC(=O)C(OC(=O)c2cccs2)c2ccccc2F)cc1. The molecule has 1 amide bonds. The van der Waals surface area contributed by atoms with Gasteiger partial charge in [-0.15, -0.1) is 11.3 Å². The molecule has 5 nitrogen and oxygen atoms in total. The molecule has 0 bridgehead atoms. The van der Waals surface area contributed by atoms with Crippen LogP contribution in [0.1, 0.15) is 26.9 Å². The van der Waals surface area contributed by atoms with Crippen molar-refractivity contribution < 1.29 is 23.5 Å². The van der Waals surface area contributed by atoms with E-state index in [9.17, 15) is 14.0 Å². The second-order valence-corrected chi connectivity index (χ2v) is 6.80. The number of benzene rings is 2. The summed E-state index contributed by atoms with van der Waals surface area (Å²) in [5.74, 6) is -1.20. The van der Waals surface area contributed by atoms with Crippen molar-refractivity contribution in [3.63, 3.8) is 0 Å². The average molecular weight is 399 g/mol. The quantitative estimate of drug-likeness (QED) is 0.608. The van der Waals surface area contributed by atoms with Gasteiger partial charge in [0.15, 0.2) is 0 Å². The van der Waals surface area contributed by atoms with Crippen molar-refractivity contribution in [3.8, 4) is 5.75 Å². The van der Waals surface area contributed by atoms with Gasteiger partial charge in [-0.25, -0.2) is 9.18 Å². The number of hydrogen-bond acceptors (Lipinski definition) is 5. The first kappa shape index (κ1) is 19.6. The molecule has 144 valence electrons. The summed E-state index contributed by atoms with van der Waals surface area (Å²) in [7, 11) is 1.57. The number of halogens is 1. The van der Waals surface area contributed by atoms with Crippen LogP contribution in [-0.2, 0) is 16.1 Å². The molecule has 1 heterocycles. The number of hydrogen-bond donors (Lipinski definition) is 1. The van der Waals surface area contributed by atoms with Crippen LogP contribution in [0.25, 0.3) is 0 Å². The standard InChI is InChI=1S/C21H18FNO4S/c1-26-15-10-8-14(9-11-15)13-23-20(24)19(16-5-2-3-6-17(16)22)27-21(25)18-7-4-12-28-18/h2-12,19H,13H2,1H3,(H,23,24). The Kier molecular flexibility index (Phi) is 6.39. The van der Waals surface area contributed by atoms with E-state index in [1.807, 2.05) is 0 Å². The first-order valence-corrected chi connectivity index (χ1v) is 9.36. The zero-order valence-electron chi connectivity index (χ0n) is 15.1. The highest BCUT2D eigenvalue weighted by Gasteiger charge is 2.28. The van der Waals surface area contributed by atoms with Gasteiger partial charge >= 0.3 is 5.97 Å². The highest BCUT2D eigenvalue weighted by Crippen LogP contribution is 2.24. The smallest absolute Gasteiger partial charge is 0.349 e. The van der Waals surface area contributed by atoms with Crippen LogP contribution in [0.4, 0.5) is 4.39 Å². The minimum atomic E-state index is -1.39. The van der Waals surface area contributed by atoms with Crippen molar-refractivity contribution in [2.24, 2.45) is 0 Å². The molecule has 3 aromatic rings. The molecule has 2 aromatic carbocycles. The van der Waals surface area contributed by atoms with Gasteiger partial charge in [0.1, 0.15) is 16.4 Å². The van der Waals surface area contributed by atoms with Crippen LogP contribution in [0.3, 0.4) is 0 Å². The van der Waals surface area contributed by atoms with Crippen LogP contribution in [-0.4, -0.2) is 19.0 Å². The molecule has 0 spiro atoms. The van der Waals surface area contributed by atoms with E-state index in [4.69, 9.17) is 9.47 Å². The summed E-state index contributed by atoms with van der Waals surface area (Å²) < 4.78 is 24.7. The Bertz CT molecular complexity index is 941. The fraction of sp³-hybridized carbons (Fsp3) is 0.143. The first-order valence-electron chi connectivity index (χ1n) is 8.48. The number of carbonyl (C=O) groups excluding carboxylic acids is 2. The van der Waals surface area contributed by atoms with Crippen LogP contribution in [0.2, 0.25) is 0 Å². The Balaban J connectivity index is 1.76. The predicted molar refractivity (Wildman–Crippen MR) is 104 cm³/mol. The van der Waals surface area contributed by atoms with Crippen molar-refractivity contribution in [2.75, 3.05) is 7.11 Å². The molecule has 1 aromatic heterocycles. The van der Waals surface area contributed by atoms with Gasteiger partial charge in [-0.3, -0.25) is 4.79 Å². The molecule has 0 aliphatic carbocycles. The van der Waals surface area contributed by atoms with Gasteiger partial charge in [-0.2, -0.15) is 0 Å². The van der Waals surface area contributed by atoms with E-state index in [1.165, 1.54) is 29.5 Å². The molecule has 0 saturated carbocycles. The summed E-state index contributed by atoms with van der Waals surface area (Å²) in [6.45, 7) is 0.199. The summed E-state index contributed by atoms with van der Waals surface area (Å²) in [6.07, 6.45) is -1.39. The molecule has 0 saturated heterocycles. The van der Waals surface area contributed by atoms with Gasteiger partial charge in [-0.1, -0.05) is 36.4 Å². The predicted octanol–water partition coefficient (Wildman–Crippen LogP) is 4.11. The molecule has 1 unspecified atom stereocenters. The largest absolute Gasteiger partial charge is 0.497 e. The third-order valence-electron chi connectivity index (χ3n) is 4.00. The van der Waals surface area contributed by atoms with E-state index in [0.717, 1.165) is 5.56 Å². The third kappa shape index (κ3) is 4.75. The van der Waals surface area contributed by atoms with Gasteiger partial charge in [0, 0.05) is 12.1 Å². The molecule has 0 aliphatic rings. The van der Waals surface area contributed by atoms with E-state index >= 15 is 0 Å². The molecule has 7 heteroatoms. The lowest BCUT2D eigenvalue weighted by Gasteiger charge is -2.18. The minimum absolute atomic E-state index is 0.000336. The lowest BCUT2D eigenvalue weighted by atomic mass is 10.1. The summed E-state index contributed by atoms with van der Waals surface area (Å²) in [5.41, 5.74) is 0.825. The monoisotopic (exact) mass is 399 g/mol. The van der Waals surface area contributed by atoms with E-state index in [-0.39, 0.29) is 12.1 Å². The number of thiophene rings is 1. The van der Waals surface area contributed by atoms with Crippen molar-refractivity contribution in [1.29, 1.82) is 0 Å². The number of ether oxygens (including phenoxy) is 2. The van der Waals surface area contributed by atoms with E-state index < -0.39 is 23.8 Å². The van der Waals surface area contributed by atoms with Gasteiger partial charge < -0.3 is 14.8 Å². The van der Waals surface area contributed by atoms with Gasteiger partial charge in [0.05, 0.1) is 7.11 Å². The normalized spacial score (nSPS) is 11.5. The maximum atomic E-state index is 14.3. The number of rotatable bonds is 7. The van der Waals surface area contributed by atoms with E-state index in [0.29, 0.717) is 10.6 Å². The second-order valence-electron chi connectivity index (χ2n) is 5.85. The van der Waals surface area contributed by atoms with Crippen LogP contribution < -0.4 is 10.1 Å². The van der Waals surface area contributed by atoms with Crippen LogP contribution in [0.5, 0.6) is 5.75 Å². The van der Waals surface area contributed by atoms with Crippen LogP contribution in [0, 0.1) is 5.82 Å². The molecule has 1 atom stereocenters. The summed E-state index contributed by atoms with van der Waals surface area (Å²) >= 11 is 1.19. The van der Waals surface area contributed by atoms with Crippen molar-refractivity contribution in [3.05, 3.63) is 87.9 Å². The highest BCUT2D eigenvalue weighted by atomic mass is 32.1. The lowest BCUT2D eigenvalue weighted by Crippen LogP contribution is -2.32. The van der Waals surface area contributed by atoms with Gasteiger partial charge in [0.2, 0.25) is 6.10 Å². The summed E-state index contributed by atoms with van der Waals surface area (Å²) in [5, 5.41) is 4.41. The van der Waals surface area contributed by atoms with Gasteiger partial charge in [-0.05, 0) is 35.2 Å². The van der Waals surface area contributed by atoms with Gasteiger partial charge in [0.25, 0.3) is 5.91 Å². The molecule has 1 N–H and O–H groups in total. The molecule has 3 rings (SSSR count). The number of nitrogens with one attached hydrogen (secondary N) is 1. The first-order chi connectivity index (χ1) is 13.6. The van der Waals surface area contributed by atoms with E-state index in [2.05, 4.69) is 5.32 Å². The number of amides is 1. The zero-order valence-corrected chi connectivity index (χ0v) is 15.9. The Morgan fingerprint density at radius 3 is 2.46 bits per heavy atom. The minimum Gasteiger partial charge on any atom is -0.497 e. The number of esters is 1. The second kappa shape index (κ2) is 9.14. The molecule has 0 radical (unpaired) electrons. The average Bonchev–Trinajstić information content (AvgIpc) is 3.26. The number of carbonyl (C=O) groups is 2. The fourth-order valence-electron chi connectivity index (χ4n) is 2.53. The molecular formula is C21H18FNO4S. The topological polar surface area (TPSA) is 64.6 Å².